The lowest BCUT2D eigenvalue weighted by molar-refractivity contribution is -0.390. The Hall–Kier alpha value is -2.53. The molecule has 0 saturated heterocycles. The molecule has 20 heavy (non-hydrogen) atoms. The topological polar surface area (TPSA) is 103 Å². The van der Waals surface area contributed by atoms with Gasteiger partial charge in [0.15, 0.2) is 11.4 Å². The fraction of sp³-hybridized carbons (Fsp3) is 0.250. The smallest absolute Gasteiger partial charge is 0.477 e. The minimum absolute atomic E-state index is 0.0415. The van der Waals surface area contributed by atoms with Gasteiger partial charge in [0.05, 0.1) is 4.92 Å². The number of rotatable bonds is 4. The predicted octanol–water partition coefficient (Wildman–Crippen LogP) is 2.52. The third-order valence-electron chi connectivity index (χ3n) is 1.82. The first kappa shape index (κ1) is 15.5. The van der Waals surface area contributed by atoms with Crippen LogP contribution in [0.15, 0.2) is 6.07 Å². The van der Waals surface area contributed by atoms with Crippen molar-refractivity contribution in [3.8, 4) is 5.75 Å². The Kier molecular flexibility index (Phi) is 4.06. The van der Waals surface area contributed by atoms with Gasteiger partial charge in [-0.1, -0.05) is 0 Å². The van der Waals surface area contributed by atoms with E-state index in [0.717, 1.165) is 0 Å². The second-order valence-electron chi connectivity index (χ2n) is 3.15. The van der Waals surface area contributed by atoms with Crippen molar-refractivity contribution in [3.05, 3.63) is 27.6 Å². The highest BCUT2D eigenvalue weighted by Crippen LogP contribution is 2.38. The van der Waals surface area contributed by atoms with E-state index in [9.17, 15) is 36.9 Å². The van der Waals surface area contributed by atoms with Crippen LogP contribution < -0.4 is 4.74 Å². The third-order valence-corrected chi connectivity index (χ3v) is 1.82. The molecular weight excluding hydrogens is 299 g/mol. The van der Waals surface area contributed by atoms with Crippen molar-refractivity contribution < 1.29 is 41.5 Å². The van der Waals surface area contributed by atoms with Crippen LogP contribution in [0.4, 0.5) is 27.6 Å². The van der Waals surface area contributed by atoms with Gasteiger partial charge in [-0.15, -0.1) is 13.2 Å². The first-order chi connectivity index (χ1) is 9.03. The van der Waals surface area contributed by atoms with Gasteiger partial charge in [-0.3, -0.25) is 10.1 Å². The van der Waals surface area contributed by atoms with E-state index < -0.39 is 46.5 Å². The molecule has 7 nitrogen and oxygen atoms in total. The van der Waals surface area contributed by atoms with Crippen molar-refractivity contribution in [1.29, 1.82) is 0 Å². The molecule has 110 valence electrons. The van der Waals surface area contributed by atoms with Gasteiger partial charge < -0.3 is 9.84 Å². The number of nitrogens with zero attached hydrogens (tertiary/aromatic N) is 2. The number of ether oxygens (including phenoxy) is 1. The summed E-state index contributed by atoms with van der Waals surface area (Å²) < 4.78 is 64.4. The molecule has 0 fully saturated rings. The average molecular weight is 302 g/mol. The molecule has 0 radical (unpaired) electrons. The average Bonchev–Trinajstić information content (AvgIpc) is 2.24. The number of carbonyl (C=O) groups is 1. The van der Waals surface area contributed by atoms with Gasteiger partial charge in [-0.05, 0) is 0 Å². The van der Waals surface area contributed by atoms with E-state index in [4.69, 9.17) is 5.11 Å². The number of aromatic nitrogens is 1. The van der Waals surface area contributed by atoms with Crippen LogP contribution in [-0.4, -0.2) is 27.3 Å². The van der Waals surface area contributed by atoms with E-state index in [-0.39, 0.29) is 6.07 Å². The number of hydrogen-bond acceptors (Lipinski definition) is 5. The van der Waals surface area contributed by atoms with Crippen molar-refractivity contribution in [3.63, 3.8) is 0 Å². The monoisotopic (exact) mass is 302 g/mol. The van der Waals surface area contributed by atoms with E-state index in [1.165, 1.54) is 0 Å². The minimum Gasteiger partial charge on any atom is -0.477 e. The summed E-state index contributed by atoms with van der Waals surface area (Å²) in [7, 11) is 0. The van der Waals surface area contributed by atoms with Crippen LogP contribution in [0.5, 0.6) is 5.75 Å². The van der Waals surface area contributed by atoms with E-state index >= 15 is 0 Å². The molecular formula is C8H3F5N2O5. The number of aromatic carboxylic acids is 1. The second kappa shape index (κ2) is 5.22. The first-order valence-corrected chi connectivity index (χ1v) is 4.49. The van der Waals surface area contributed by atoms with Gasteiger partial charge in [0.25, 0.3) is 6.43 Å². The van der Waals surface area contributed by atoms with E-state index in [1.54, 1.807) is 0 Å². The van der Waals surface area contributed by atoms with Crippen molar-refractivity contribution in [1.82, 2.24) is 4.98 Å². The first-order valence-electron chi connectivity index (χ1n) is 4.49. The molecule has 0 saturated carbocycles. The highest BCUT2D eigenvalue weighted by Gasteiger charge is 2.38. The Bertz CT molecular complexity index is 559. The van der Waals surface area contributed by atoms with Crippen LogP contribution >= 0.6 is 0 Å². The summed E-state index contributed by atoms with van der Waals surface area (Å²) in [5.74, 6) is -3.63. The Balaban J connectivity index is 3.59. The standard InChI is InChI=1S/C8H3F5N2O5/c9-6(10)4-5(15(18)19)3(20-8(11,12)13)1-2(14-4)7(16)17/h1,6H,(H,16,17). The summed E-state index contributed by atoms with van der Waals surface area (Å²) in [6.45, 7) is 0. The lowest BCUT2D eigenvalue weighted by Gasteiger charge is -2.11. The molecule has 0 unspecified atom stereocenters. The van der Waals surface area contributed by atoms with Crippen LogP contribution in [0.1, 0.15) is 22.6 Å². The predicted molar refractivity (Wildman–Crippen MR) is 49.5 cm³/mol. The van der Waals surface area contributed by atoms with Gasteiger partial charge in [0.2, 0.25) is 5.75 Å². The molecule has 1 heterocycles. The number of alkyl halides is 5. The molecule has 1 aromatic heterocycles. The molecule has 1 aromatic rings. The highest BCUT2D eigenvalue weighted by molar-refractivity contribution is 5.86. The minimum atomic E-state index is -5.43. The zero-order valence-corrected chi connectivity index (χ0v) is 9.02. The van der Waals surface area contributed by atoms with Gasteiger partial charge >= 0.3 is 18.0 Å². The van der Waals surface area contributed by atoms with Crippen LogP contribution in [-0.2, 0) is 0 Å². The number of pyridine rings is 1. The molecule has 0 atom stereocenters. The SMILES string of the molecule is O=C(O)c1cc(OC(F)(F)F)c([N+](=O)[O-])c(C(F)F)n1. The quantitative estimate of drug-likeness (QED) is 0.521. The fourth-order valence-corrected chi connectivity index (χ4v) is 1.18. The number of nitro groups is 1. The molecule has 0 aromatic carbocycles. The van der Waals surface area contributed by atoms with Crippen LogP contribution in [0.3, 0.4) is 0 Å². The molecule has 0 aliphatic heterocycles. The maximum atomic E-state index is 12.5. The highest BCUT2D eigenvalue weighted by atomic mass is 19.4. The summed E-state index contributed by atoms with van der Waals surface area (Å²) in [6.07, 6.45) is -9.09. The Morgan fingerprint density at radius 2 is 2.00 bits per heavy atom. The van der Waals surface area contributed by atoms with Crippen molar-refractivity contribution >= 4 is 11.7 Å². The Labute approximate surface area is 105 Å². The van der Waals surface area contributed by atoms with E-state index in [1.807, 2.05) is 0 Å². The van der Waals surface area contributed by atoms with Crippen LogP contribution in [0.25, 0.3) is 0 Å². The van der Waals surface area contributed by atoms with Gasteiger partial charge in [0, 0.05) is 6.07 Å². The third kappa shape index (κ3) is 3.49. The van der Waals surface area contributed by atoms with Gasteiger partial charge in [-0.25, -0.2) is 18.6 Å². The number of halogens is 5. The summed E-state index contributed by atoms with van der Waals surface area (Å²) in [5.41, 5.74) is -4.72. The van der Waals surface area contributed by atoms with E-state index in [2.05, 4.69) is 9.72 Å². The molecule has 1 rings (SSSR count). The van der Waals surface area contributed by atoms with Crippen LogP contribution in [0.2, 0.25) is 0 Å². The Morgan fingerprint density at radius 1 is 1.45 bits per heavy atom. The molecule has 0 amide bonds. The van der Waals surface area contributed by atoms with Crippen molar-refractivity contribution in [2.24, 2.45) is 0 Å². The molecule has 0 aliphatic carbocycles. The fourth-order valence-electron chi connectivity index (χ4n) is 1.18. The normalized spacial score (nSPS) is 11.5. The lowest BCUT2D eigenvalue weighted by Crippen LogP contribution is -2.19. The Morgan fingerprint density at radius 3 is 2.35 bits per heavy atom. The maximum absolute atomic E-state index is 12.5. The van der Waals surface area contributed by atoms with Crippen LogP contribution in [0, 0.1) is 10.1 Å². The number of hydrogen-bond donors (Lipinski definition) is 1. The van der Waals surface area contributed by atoms with E-state index in [0.29, 0.717) is 0 Å². The summed E-state index contributed by atoms with van der Waals surface area (Å²) in [4.78, 5) is 22.3. The zero-order chi connectivity index (χ0) is 15.7. The lowest BCUT2D eigenvalue weighted by atomic mass is 10.2. The zero-order valence-electron chi connectivity index (χ0n) is 9.02. The number of carboxylic acid groups (broad SMARTS) is 1. The molecule has 0 bridgehead atoms. The van der Waals surface area contributed by atoms with Crippen molar-refractivity contribution in [2.45, 2.75) is 12.8 Å². The molecule has 1 N–H and O–H groups in total. The van der Waals surface area contributed by atoms with Gasteiger partial charge in [-0.2, -0.15) is 0 Å². The van der Waals surface area contributed by atoms with Crippen molar-refractivity contribution in [2.75, 3.05) is 0 Å². The molecule has 0 aliphatic rings. The largest absolute Gasteiger partial charge is 0.573 e. The summed E-state index contributed by atoms with van der Waals surface area (Å²) in [5, 5.41) is 19.1. The molecule has 12 heteroatoms. The summed E-state index contributed by atoms with van der Waals surface area (Å²) in [6, 6.07) is 0.0415. The summed E-state index contributed by atoms with van der Waals surface area (Å²) >= 11 is 0. The molecule has 0 spiro atoms. The van der Waals surface area contributed by atoms with Gasteiger partial charge in [0.1, 0.15) is 0 Å². The second-order valence-corrected chi connectivity index (χ2v) is 3.15. The maximum Gasteiger partial charge on any atom is 0.573 e. The number of carboxylic acids is 1.